The number of carbonyl (C=O) groups is 1. The molecule has 1 saturated heterocycles. The summed E-state index contributed by atoms with van der Waals surface area (Å²) in [4.78, 5) is 23.3. The van der Waals surface area contributed by atoms with Gasteiger partial charge in [0.05, 0.1) is 12.1 Å². The maximum Gasteiger partial charge on any atom is 0.416 e. The average Bonchev–Trinajstić information content (AvgIpc) is 2.63. The fourth-order valence-electron chi connectivity index (χ4n) is 2.78. The Kier molecular flexibility index (Phi) is 5.36. The van der Waals surface area contributed by atoms with Crippen LogP contribution in [0.3, 0.4) is 0 Å². The lowest BCUT2D eigenvalue weighted by molar-refractivity contribution is -0.137. The van der Waals surface area contributed by atoms with E-state index < -0.39 is 11.7 Å². The van der Waals surface area contributed by atoms with E-state index in [9.17, 15) is 18.0 Å². The van der Waals surface area contributed by atoms with E-state index in [2.05, 4.69) is 15.3 Å². The molecule has 1 aromatic heterocycles. The number of hydrogen-bond acceptors (Lipinski definition) is 6. The molecule has 0 aliphatic carbocycles. The first-order chi connectivity index (χ1) is 12.5. The van der Waals surface area contributed by atoms with Crippen molar-refractivity contribution in [3.63, 3.8) is 0 Å². The van der Waals surface area contributed by atoms with Crippen molar-refractivity contribution in [3.8, 4) is 0 Å². The smallest absolute Gasteiger partial charge is 0.351 e. The van der Waals surface area contributed by atoms with Crippen LogP contribution in [-0.4, -0.2) is 53.9 Å². The number of piperazine rings is 1. The Balaban J connectivity index is 1.73. The number of nitrogens with one attached hydrogen (secondary N) is 1. The van der Waals surface area contributed by atoms with Crippen LogP contribution < -0.4 is 10.2 Å². The number of anilines is 3. The van der Waals surface area contributed by atoms with Gasteiger partial charge in [0.2, 0.25) is 0 Å². The number of alkyl halides is 3. The van der Waals surface area contributed by atoms with Gasteiger partial charge in [-0.3, -0.25) is 4.90 Å². The van der Waals surface area contributed by atoms with Gasteiger partial charge in [-0.05, 0) is 24.3 Å². The number of nitrogens with zero attached hydrogens (tertiary/aromatic N) is 4. The zero-order valence-electron chi connectivity index (χ0n) is 13.9. The Morgan fingerprint density at radius 2 is 1.69 bits per heavy atom. The number of hydrogen-bond donors (Lipinski definition) is 1. The van der Waals surface area contributed by atoms with Crippen molar-refractivity contribution in [2.24, 2.45) is 0 Å². The number of aldehydes is 1. The molecule has 0 amide bonds. The molecule has 0 saturated carbocycles. The first kappa shape index (κ1) is 18.1. The third-order valence-electron chi connectivity index (χ3n) is 4.16. The summed E-state index contributed by atoms with van der Waals surface area (Å²) in [6.45, 7) is 3.25. The largest absolute Gasteiger partial charge is 0.416 e. The van der Waals surface area contributed by atoms with Crippen molar-refractivity contribution < 1.29 is 18.0 Å². The molecule has 138 valence electrons. The maximum absolute atomic E-state index is 12.7. The lowest BCUT2D eigenvalue weighted by Gasteiger charge is -2.34. The van der Waals surface area contributed by atoms with E-state index in [4.69, 9.17) is 0 Å². The average molecular weight is 365 g/mol. The molecule has 1 N–H and O–H groups in total. The Hall–Kier alpha value is -2.68. The van der Waals surface area contributed by atoms with Gasteiger partial charge in [0.15, 0.2) is 11.6 Å². The third-order valence-corrected chi connectivity index (χ3v) is 4.16. The highest BCUT2D eigenvalue weighted by molar-refractivity contribution is 5.68. The summed E-state index contributed by atoms with van der Waals surface area (Å²) in [5, 5.41) is 3.03. The number of halogens is 3. The van der Waals surface area contributed by atoms with Crippen molar-refractivity contribution in [1.29, 1.82) is 0 Å². The monoisotopic (exact) mass is 365 g/mol. The number of aromatic nitrogens is 2. The molecule has 0 spiro atoms. The molecule has 2 heterocycles. The van der Waals surface area contributed by atoms with Gasteiger partial charge in [0.1, 0.15) is 6.29 Å². The molecule has 3 rings (SSSR count). The molecule has 2 aromatic rings. The molecular formula is C17H18F3N5O. The predicted octanol–water partition coefficient (Wildman–Crippen LogP) is 2.56. The summed E-state index contributed by atoms with van der Waals surface area (Å²) in [6.07, 6.45) is -0.378. The van der Waals surface area contributed by atoms with E-state index >= 15 is 0 Å². The second-order valence-corrected chi connectivity index (χ2v) is 5.88. The molecule has 0 atom stereocenters. The molecule has 1 aliphatic heterocycles. The number of benzene rings is 1. The molecule has 6 nitrogen and oxygen atoms in total. The van der Waals surface area contributed by atoms with Crippen LogP contribution in [0.5, 0.6) is 0 Å². The predicted molar refractivity (Wildman–Crippen MR) is 91.5 cm³/mol. The molecule has 26 heavy (non-hydrogen) atoms. The summed E-state index contributed by atoms with van der Waals surface area (Å²) >= 11 is 0. The van der Waals surface area contributed by atoms with Crippen LogP contribution in [0.4, 0.5) is 30.5 Å². The van der Waals surface area contributed by atoms with Gasteiger partial charge in [-0.2, -0.15) is 13.2 Å². The first-order valence-electron chi connectivity index (χ1n) is 8.13. The number of carbonyl (C=O) groups excluding carboxylic acids is 1. The molecule has 0 radical (unpaired) electrons. The highest BCUT2D eigenvalue weighted by atomic mass is 19.4. The fraction of sp³-hybridized carbons (Fsp3) is 0.353. The minimum absolute atomic E-state index is 0.408. The van der Waals surface area contributed by atoms with E-state index in [1.165, 1.54) is 18.3 Å². The summed E-state index contributed by atoms with van der Waals surface area (Å²) in [7, 11) is 0. The zero-order valence-corrected chi connectivity index (χ0v) is 13.9. The van der Waals surface area contributed by atoms with Gasteiger partial charge in [0.25, 0.3) is 0 Å². The summed E-state index contributed by atoms with van der Waals surface area (Å²) in [5.41, 5.74) is -0.201. The van der Waals surface area contributed by atoms with Gasteiger partial charge >= 0.3 is 6.18 Å². The van der Waals surface area contributed by atoms with E-state index in [0.29, 0.717) is 37.0 Å². The lowest BCUT2D eigenvalue weighted by atomic mass is 10.2. The van der Waals surface area contributed by atoms with Gasteiger partial charge in [-0.25, -0.2) is 9.97 Å². The van der Waals surface area contributed by atoms with Crippen LogP contribution in [0.2, 0.25) is 0 Å². The SMILES string of the molecule is O=CCN1CCN(c2nccnc2Nc2ccc(C(F)(F)F)cc2)CC1. The highest BCUT2D eigenvalue weighted by Crippen LogP contribution is 2.31. The van der Waals surface area contributed by atoms with Crippen LogP contribution in [-0.2, 0) is 11.0 Å². The summed E-state index contributed by atoms with van der Waals surface area (Å²) in [6, 6.07) is 4.78. The van der Waals surface area contributed by atoms with Gasteiger partial charge < -0.3 is 15.0 Å². The topological polar surface area (TPSA) is 61.4 Å². The minimum Gasteiger partial charge on any atom is -0.351 e. The van der Waals surface area contributed by atoms with Crippen LogP contribution in [0.25, 0.3) is 0 Å². The van der Waals surface area contributed by atoms with Crippen molar-refractivity contribution in [2.75, 3.05) is 42.9 Å². The fourth-order valence-corrected chi connectivity index (χ4v) is 2.78. The van der Waals surface area contributed by atoms with Gasteiger partial charge in [-0.15, -0.1) is 0 Å². The van der Waals surface area contributed by atoms with Crippen molar-refractivity contribution in [1.82, 2.24) is 14.9 Å². The molecule has 1 aromatic carbocycles. The van der Waals surface area contributed by atoms with Crippen molar-refractivity contribution in [2.45, 2.75) is 6.18 Å². The van der Waals surface area contributed by atoms with Gasteiger partial charge in [-0.1, -0.05) is 0 Å². The van der Waals surface area contributed by atoms with E-state index in [-0.39, 0.29) is 0 Å². The molecule has 0 bridgehead atoms. The highest BCUT2D eigenvalue weighted by Gasteiger charge is 2.30. The van der Waals surface area contributed by atoms with Crippen LogP contribution in [0.1, 0.15) is 5.56 Å². The van der Waals surface area contributed by atoms with E-state index in [0.717, 1.165) is 31.5 Å². The normalized spacial score (nSPS) is 15.7. The van der Waals surface area contributed by atoms with Gasteiger partial charge in [0, 0.05) is 44.3 Å². The van der Waals surface area contributed by atoms with Crippen molar-refractivity contribution >= 4 is 23.6 Å². The van der Waals surface area contributed by atoms with E-state index in [1.807, 2.05) is 9.80 Å². The molecule has 1 fully saturated rings. The minimum atomic E-state index is -4.36. The molecule has 0 unspecified atom stereocenters. The summed E-state index contributed by atoms with van der Waals surface area (Å²) in [5.74, 6) is 1.12. The number of rotatable bonds is 5. The molecular weight excluding hydrogens is 347 g/mol. The standard InChI is InChI=1S/C17H18F3N5O/c18-17(19,20)13-1-3-14(4-2-13)23-15-16(22-6-5-21-15)25-9-7-24(8-10-25)11-12-26/h1-6,12H,7-11H2,(H,21,23). The Bertz CT molecular complexity index is 743. The van der Waals surface area contributed by atoms with E-state index in [1.54, 1.807) is 6.20 Å². The Morgan fingerprint density at radius 1 is 1.04 bits per heavy atom. The van der Waals surface area contributed by atoms with Crippen molar-refractivity contribution in [3.05, 3.63) is 42.2 Å². The maximum atomic E-state index is 12.7. The first-order valence-corrected chi connectivity index (χ1v) is 8.13. The second-order valence-electron chi connectivity index (χ2n) is 5.88. The lowest BCUT2D eigenvalue weighted by Crippen LogP contribution is -2.47. The van der Waals surface area contributed by atoms with Crippen LogP contribution >= 0.6 is 0 Å². The zero-order chi connectivity index (χ0) is 18.6. The quantitative estimate of drug-likeness (QED) is 0.822. The van der Waals surface area contributed by atoms with Crippen LogP contribution in [0.15, 0.2) is 36.7 Å². The Labute approximate surface area is 148 Å². The molecule has 9 heteroatoms. The summed E-state index contributed by atoms with van der Waals surface area (Å²) < 4.78 is 38.0. The second kappa shape index (κ2) is 7.69. The molecule has 1 aliphatic rings. The Morgan fingerprint density at radius 3 is 2.31 bits per heavy atom. The third kappa shape index (κ3) is 4.29. The van der Waals surface area contributed by atoms with Crippen LogP contribution in [0, 0.1) is 0 Å².